The second-order valence-corrected chi connectivity index (χ2v) is 9.27. The summed E-state index contributed by atoms with van der Waals surface area (Å²) in [6.07, 6.45) is 3.83. The molecule has 0 saturated carbocycles. The van der Waals surface area contributed by atoms with Gasteiger partial charge >= 0.3 is 11.9 Å². The van der Waals surface area contributed by atoms with Gasteiger partial charge in [0, 0.05) is 6.92 Å². The van der Waals surface area contributed by atoms with Crippen molar-refractivity contribution in [2.45, 2.75) is 46.5 Å². The van der Waals surface area contributed by atoms with Crippen molar-refractivity contribution in [3.05, 3.63) is 0 Å². The van der Waals surface area contributed by atoms with Crippen molar-refractivity contribution in [1.29, 1.82) is 0 Å². The van der Waals surface area contributed by atoms with Crippen LogP contribution in [0.15, 0.2) is 0 Å². The fourth-order valence-electron chi connectivity index (χ4n) is 3.36. The Morgan fingerprint density at radius 2 is 0.721 bits per heavy atom. The minimum atomic E-state index is -0.313. The molecule has 0 aliphatic heterocycles. The third-order valence-electron chi connectivity index (χ3n) is 5.71. The molecule has 256 valence electrons. The van der Waals surface area contributed by atoms with Gasteiger partial charge in [-0.3, -0.25) is 9.59 Å². The van der Waals surface area contributed by atoms with E-state index in [1.807, 2.05) is 6.92 Å². The Labute approximate surface area is 258 Å². The first-order valence-corrected chi connectivity index (χ1v) is 15.6. The summed E-state index contributed by atoms with van der Waals surface area (Å²) in [5.41, 5.74) is 0. The Balaban J connectivity index is 3.15. The molecule has 0 saturated heterocycles. The molecular formula is C30H58O13. The van der Waals surface area contributed by atoms with Gasteiger partial charge in [0.1, 0.15) is 13.2 Å². The van der Waals surface area contributed by atoms with Crippen molar-refractivity contribution in [1.82, 2.24) is 0 Å². The number of esters is 2. The normalized spacial score (nSPS) is 12.0. The number of rotatable bonds is 35. The Kier molecular flexibility index (Phi) is 33.9. The van der Waals surface area contributed by atoms with E-state index in [2.05, 4.69) is 6.92 Å². The van der Waals surface area contributed by atoms with E-state index in [9.17, 15) is 9.59 Å². The van der Waals surface area contributed by atoms with E-state index >= 15 is 0 Å². The second kappa shape index (κ2) is 35.1. The van der Waals surface area contributed by atoms with Crippen LogP contribution in [-0.4, -0.2) is 144 Å². The lowest BCUT2D eigenvalue weighted by molar-refractivity contribution is -0.150. The van der Waals surface area contributed by atoms with E-state index < -0.39 is 0 Å². The quantitative estimate of drug-likeness (QED) is 0.0753. The van der Waals surface area contributed by atoms with Gasteiger partial charge in [-0.15, -0.1) is 0 Å². The second-order valence-electron chi connectivity index (χ2n) is 9.27. The number of unbranched alkanes of at least 4 members (excludes halogenated alkanes) is 1. The molecule has 0 spiro atoms. The van der Waals surface area contributed by atoms with Gasteiger partial charge in [-0.1, -0.05) is 26.7 Å². The van der Waals surface area contributed by atoms with Gasteiger partial charge < -0.3 is 52.1 Å². The zero-order chi connectivity index (χ0) is 31.5. The van der Waals surface area contributed by atoms with Crippen LogP contribution in [0.4, 0.5) is 0 Å². The third kappa shape index (κ3) is 33.3. The summed E-state index contributed by atoms with van der Waals surface area (Å²) in [5, 5.41) is 0. The molecular weight excluding hydrogens is 568 g/mol. The molecule has 0 aromatic rings. The van der Waals surface area contributed by atoms with Gasteiger partial charge in [-0.2, -0.15) is 0 Å². The maximum Gasteiger partial charge on any atom is 0.308 e. The van der Waals surface area contributed by atoms with Crippen molar-refractivity contribution < 1.29 is 61.7 Å². The van der Waals surface area contributed by atoms with Gasteiger partial charge in [0.05, 0.1) is 125 Å². The summed E-state index contributed by atoms with van der Waals surface area (Å²) in [6.45, 7) is 14.4. The average Bonchev–Trinajstić information content (AvgIpc) is 3.00. The Morgan fingerprint density at radius 3 is 0.977 bits per heavy atom. The highest BCUT2D eigenvalue weighted by molar-refractivity contribution is 5.72. The van der Waals surface area contributed by atoms with Crippen LogP contribution in [0.25, 0.3) is 0 Å². The first-order chi connectivity index (χ1) is 21.1. The Bertz CT molecular complexity index is 594. The molecule has 0 aliphatic rings. The third-order valence-corrected chi connectivity index (χ3v) is 5.71. The van der Waals surface area contributed by atoms with Crippen molar-refractivity contribution >= 4 is 11.9 Å². The standard InChI is InChI=1S/C30H58O13/c1-4-6-7-29(5-2)30(32)43-27-25-41-23-21-39-19-17-37-15-13-35-11-9-33-8-10-34-12-14-36-16-18-38-20-22-40-24-26-42-28(3)31/h29H,4-27H2,1-3H3. The summed E-state index contributed by atoms with van der Waals surface area (Å²) in [4.78, 5) is 22.6. The predicted octanol–water partition coefficient (Wildman–Crippen LogP) is 2.46. The fourth-order valence-corrected chi connectivity index (χ4v) is 3.36. The minimum absolute atomic E-state index is 0.00517. The first kappa shape index (κ1) is 41.6. The van der Waals surface area contributed by atoms with Crippen LogP contribution < -0.4 is 0 Å². The highest BCUT2D eigenvalue weighted by Crippen LogP contribution is 2.14. The predicted molar refractivity (Wildman–Crippen MR) is 158 cm³/mol. The Morgan fingerprint density at radius 1 is 0.442 bits per heavy atom. The highest BCUT2D eigenvalue weighted by atomic mass is 16.6. The molecule has 0 aromatic carbocycles. The van der Waals surface area contributed by atoms with Crippen LogP contribution in [0.2, 0.25) is 0 Å². The zero-order valence-corrected chi connectivity index (χ0v) is 26.9. The first-order valence-electron chi connectivity index (χ1n) is 15.6. The van der Waals surface area contributed by atoms with Gasteiger partial charge in [-0.05, 0) is 12.8 Å². The summed E-state index contributed by atoms with van der Waals surface area (Å²) in [5.74, 6) is -0.441. The monoisotopic (exact) mass is 626 g/mol. The maximum atomic E-state index is 12.0. The SMILES string of the molecule is CCCCC(CC)C(=O)OCCOCCOCCOCCOCCOCCOCCOCCOCCOCCOC(C)=O. The molecule has 0 aliphatic carbocycles. The van der Waals surface area contributed by atoms with Gasteiger partial charge in [0.15, 0.2) is 0 Å². The van der Waals surface area contributed by atoms with Crippen molar-refractivity contribution in [3.63, 3.8) is 0 Å². The highest BCUT2D eigenvalue weighted by Gasteiger charge is 2.16. The molecule has 0 aromatic heterocycles. The molecule has 1 unspecified atom stereocenters. The molecule has 0 bridgehead atoms. The van der Waals surface area contributed by atoms with E-state index in [-0.39, 0.29) is 31.1 Å². The van der Waals surface area contributed by atoms with E-state index in [1.54, 1.807) is 0 Å². The Hall–Kier alpha value is -1.42. The van der Waals surface area contributed by atoms with E-state index in [4.69, 9.17) is 52.1 Å². The number of carbonyl (C=O) groups excluding carboxylic acids is 2. The van der Waals surface area contributed by atoms with Crippen LogP contribution in [0.1, 0.15) is 46.5 Å². The van der Waals surface area contributed by atoms with Crippen molar-refractivity contribution in [2.75, 3.05) is 132 Å². The lowest BCUT2D eigenvalue weighted by Crippen LogP contribution is -2.20. The molecule has 0 radical (unpaired) electrons. The number of hydrogen-bond donors (Lipinski definition) is 0. The topological polar surface area (TPSA) is 136 Å². The van der Waals surface area contributed by atoms with E-state index in [0.29, 0.717) is 119 Å². The van der Waals surface area contributed by atoms with Crippen molar-refractivity contribution in [2.24, 2.45) is 5.92 Å². The molecule has 13 heteroatoms. The van der Waals surface area contributed by atoms with Gasteiger partial charge in [-0.25, -0.2) is 0 Å². The average molecular weight is 627 g/mol. The molecule has 0 N–H and O–H groups in total. The summed E-state index contributed by atoms with van der Waals surface area (Å²) in [7, 11) is 0. The van der Waals surface area contributed by atoms with E-state index in [0.717, 1.165) is 25.7 Å². The lowest BCUT2D eigenvalue weighted by atomic mass is 10.00. The summed E-state index contributed by atoms with van der Waals surface area (Å²) in [6, 6.07) is 0. The molecule has 0 amide bonds. The largest absolute Gasteiger partial charge is 0.463 e. The van der Waals surface area contributed by atoms with Crippen LogP contribution >= 0.6 is 0 Å². The molecule has 1 atom stereocenters. The zero-order valence-electron chi connectivity index (χ0n) is 26.9. The van der Waals surface area contributed by atoms with Crippen LogP contribution in [0, 0.1) is 5.92 Å². The number of ether oxygens (including phenoxy) is 11. The molecule has 13 nitrogen and oxygen atoms in total. The molecule has 43 heavy (non-hydrogen) atoms. The summed E-state index contributed by atoms with van der Waals surface area (Å²) < 4.78 is 58.8. The molecule has 0 heterocycles. The minimum Gasteiger partial charge on any atom is -0.463 e. The molecule has 0 fully saturated rings. The van der Waals surface area contributed by atoms with Crippen LogP contribution in [-0.2, 0) is 61.7 Å². The maximum absolute atomic E-state index is 12.0. The van der Waals surface area contributed by atoms with Gasteiger partial charge in [0.2, 0.25) is 0 Å². The summed E-state index contributed by atoms with van der Waals surface area (Å²) >= 11 is 0. The number of carbonyl (C=O) groups is 2. The smallest absolute Gasteiger partial charge is 0.308 e. The van der Waals surface area contributed by atoms with Crippen LogP contribution in [0.5, 0.6) is 0 Å². The lowest BCUT2D eigenvalue weighted by Gasteiger charge is -2.13. The molecule has 0 rings (SSSR count). The van der Waals surface area contributed by atoms with Crippen molar-refractivity contribution in [3.8, 4) is 0 Å². The van der Waals surface area contributed by atoms with Gasteiger partial charge in [0.25, 0.3) is 0 Å². The fraction of sp³-hybridized carbons (Fsp3) is 0.933. The number of hydrogen-bond acceptors (Lipinski definition) is 13. The van der Waals surface area contributed by atoms with Crippen LogP contribution in [0.3, 0.4) is 0 Å². The van der Waals surface area contributed by atoms with E-state index in [1.165, 1.54) is 6.92 Å².